The molecule has 1 heterocycles. The van der Waals surface area contributed by atoms with Crippen LogP contribution in [-0.2, 0) is 11.9 Å². The number of benzene rings is 1. The Kier molecular flexibility index (Phi) is 3.72. The third kappa shape index (κ3) is 2.32. The zero-order chi connectivity index (χ0) is 11.4. The van der Waals surface area contributed by atoms with Gasteiger partial charge in [0, 0.05) is 22.7 Å². The lowest BCUT2D eigenvalue weighted by Crippen LogP contribution is -1.99. The molecule has 0 amide bonds. The highest BCUT2D eigenvalue weighted by molar-refractivity contribution is 9.08. The van der Waals surface area contributed by atoms with Crippen LogP contribution in [0, 0.1) is 0 Å². The molecule has 0 unspecified atom stereocenters. The molecule has 84 valence electrons. The molecule has 0 atom stereocenters. The van der Waals surface area contributed by atoms with Crippen LogP contribution in [0.15, 0.2) is 36.5 Å². The van der Waals surface area contributed by atoms with E-state index in [4.69, 9.17) is 0 Å². The third-order valence-electron chi connectivity index (χ3n) is 2.34. The van der Waals surface area contributed by atoms with Crippen molar-refractivity contribution >= 4 is 15.9 Å². The summed E-state index contributed by atoms with van der Waals surface area (Å²) in [6.45, 7) is -0.0789. The Morgan fingerprint density at radius 3 is 2.62 bits per heavy atom. The van der Waals surface area contributed by atoms with E-state index >= 15 is 0 Å². The van der Waals surface area contributed by atoms with Crippen LogP contribution in [0.1, 0.15) is 5.56 Å². The molecule has 2 rings (SSSR count). The molecule has 0 N–H and O–H groups in total. The van der Waals surface area contributed by atoms with Gasteiger partial charge in [-0.1, -0.05) is 46.3 Å². The van der Waals surface area contributed by atoms with E-state index in [0.29, 0.717) is 6.54 Å². The monoisotopic (exact) mass is 282 g/mol. The fourth-order valence-corrected chi connectivity index (χ4v) is 2.01. The van der Waals surface area contributed by atoms with E-state index in [1.165, 1.54) is 0 Å². The molecule has 16 heavy (non-hydrogen) atoms. The summed E-state index contributed by atoms with van der Waals surface area (Å²) in [4.78, 5) is 0. The van der Waals surface area contributed by atoms with Crippen molar-refractivity contribution in [2.75, 3.05) is 6.67 Å². The summed E-state index contributed by atoms with van der Waals surface area (Å²) in [6, 6.07) is 9.93. The van der Waals surface area contributed by atoms with Gasteiger partial charge in [0.25, 0.3) is 0 Å². The quantitative estimate of drug-likeness (QED) is 0.786. The summed E-state index contributed by atoms with van der Waals surface area (Å²) in [5, 5.41) is 5.11. The van der Waals surface area contributed by atoms with Gasteiger partial charge >= 0.3 is 0 Å². The molecule has 1 aromatic heterocycles. The van der Waals surface area contributed by atoms with E-state index in [1.54, 1.807) is 4.68 Å². The zero-order valence-electron chi connectivity index (χ0n) is 8.74. The van der Waals surface area contributed by atoms with Gasteiger partial charge in [-0.25, -0.2) is 4.39 Å². The van der Waals surface area contributed by atoms with Crippen molar-refractivity contribution in [1.29, 1.82) is 0 Å². The van der Waals surface area contributed by atoms with Crippen LogP contribution >= 0.6 is 15.9 Å². The summed E-state index contributed by atoms with van der Waals surface area (Å²) in [5.41, 5.74) is 3.07. The van der Waals surface area contributed by atoms with Crippen LogP contribution in [0.5, 0.6) is 0 Å². The highest BCUT2D eigenvalue weighted by Crippen LogP contribution is 2.23. The summed E-state index contributed by atoms with van der Waals surface area (Å²) in [6.07, 6.45) is 1.89. The number of rotatable bonds is 4. The number of hydrogen-bond acceptors (Lipinski definition) is 1. The molecule has 0 fully saturated rings. The normalized spacial score (nSPS) is 10.6. The van der Waals surface area contributed by atoms with Crippen LogP contribution < -0.4 is 0 Å². The summed E-state index contributed by atoms with van der Waals surface area (Å²) >= 11 is 3.42. The highest BCUT2D eigenvalue weighted by atomic mass is 79.9. The average molecular weight is 283 g/mol. The van der Waals surface area contributed by atoms with Crippen LogP contribution in [0.2, 0.25) is 0 Å². The van der Waals surface area contributed by atoms with Gasteiger partial charge in [0.05, 0.1) is 12.2 Å². The first-order valence-corrected chi connectivity index (χ1v) is 6.21. The van der Waals surface area contributed by atoms with Gasteiger partial charge in [-0.15, -0.1) is 0 Å². The lowest BCUT2D eigenvalue weighted by molar-refractivity contribution is 0.427. The van der Waals surface area contributed by atoms with Gasteiger partial charge in [0.15, 0.2) is 0 Å². The number of halogens is 2. The SMILES string of the molecule is FCCn1cc(CBr)c(-c2ccccc2)n1. The Labute approximate surface area is 102 Å². The molecule has 0 aliphatic carbocycles. The Bertz CT molecular complexity index is 453. The van der Waals surface area contributed by atoms with Crippen LogP contribution in [0.3, 0.4) is 0 Å². The second-order valence-electron chi connectivity index (χ2n) is 3.45. The van der Waals surface area contributed by atoms with E-state index in [-0.39, 0.29) is 0 Å². The zero-order valence-corrected chi connectivity index (χ0v) is 10.3. The molecule has 2 aromatic rings. The highest BCUT2D eigenvalue weighted by Gasteiger charge is 2.09. The van der Waals surface area contributed by atoms with Crippen LogP contribution in [0.4, 0.5) is 4.39 Å². The second-order valence-corrected chi connectivity index (χ2v) is 4.02. The lowest BCUT2D eigenvalue weighted by atomic mass is 10.1. The van der Waals surface area contributed by atoms with Crippen molar-refractivity contribution in [2.24, 2.45) is 0 Å². The average Bonchev–Trinajstić information content (AvgIpc) is 2.74. The van der Waals surface area contributed by atoms with Gasteiger partial charge in [0.2, 0.25) is 0 Å². The maximum Gasteiger partial charge on any atom is 0.109 e. The fraction of sp³-hybridized carbons (Fsp3) is 0.250. The van der Waals surface area contributed by atoms with Crippen LogP contribution in [0.25, 0.3) is 11.3 Å². The minimum absolute atomic E-state index is 0.312. The molecule has 0 radical (unpaired) electrons. The summed E-state index contributed by atoms with van der Waals surface area (Å²) in [7, 11) is 0. The molecule has 0 aliphatic rings. The maximum absolute atomic E-state index is 12.3. The van der Waals surface area contributed by atoms with E-state index < -0.39 is 6.67 Å². The van der Waals surface area contributed by atoms with E-state index in [9.17, 15) is 4.39 Å². The number of nitrogens with zero attached hydrogens (tertiary/aromatic N) is 2. The Hall–Kier alpha value is -1.16. The fourth-order valence-electron chi connectivity index (χ4n) is 1.60. The Morgan fingerprint density at radius 2 is 2.00 bits per heavy atom. The number of alkyl halides is 2. The Morgan fingerprint density at radius 1 is 1.25 bits per heavy atom. The van der Waals surface area contributed by atoms with Crippen molar-refractivity contribution in [3.63, 3.8) is 0 Å². The lowest BCUT2D eigenvalue weighted by Gasteiger charge is -1.98. The predicted molar refractivity (Wildman–Crippen MR) is 66.3 cm³/mol. The molecule has 2 nitrogen and oxygen atoms in total. The van der Waals surface area contributed by atoms with Gasteiger partial charge in [-0.2, -0.15) is 5.10 Å². The van der Waals surface area contributed by atoms with Gasteiger partial charge in [-0.05, 0) is 0 Å². The minimum atomic E-state index is -0.391. The third-order valence-corrected chi connectivity index (χ3v) is 2.95. The van der Waals surface area contributed by atoms with E-state index in [0.717, 1.165) is 22.2 Å². The molecule has 0 spiro atoms. The van der Waals surface area contributed by atoms with Crippen molar-refractivity contribution in [2.45, 2.75) is 11.9 Å². The maximum atomic E-state index is 12.3. The molecule has 0 saturated heterocycles. The first kappa shape index (κ1) is 11.3. The smallest absolute Gasteiger partial charge is 0.109 e. The van der Waals surface area contributed by atoms with Crippen molar-refractivity contribution in [3.05, 3.63) is 42.1 Å². The summed E-state index contributed by atoms with van der Waals surface area (Å²) in [5.74, 6) is 0. The number of aryl methyl sites for hydroxylation is 1. The molecular formula is C12H12BrFN2. The topological polar surface area (TPSA) is 17.8 Å². The molecule has 1 aromatic carbocycles. The standard InChI is InChI=1S/C12H12BrFN2/c13-8-11-9-16(7-6-14)15-12(11)10-4-2-1-3-5-10/h1-5,9H,6-8H2. The predicted octanol–water partition coefficient (Wildman–Crippen LogP) is 3.41. The molecule has 0 saturated carbocycles. The largest absolute Gasteiger partial charge is 0.269 e. The minimum Gasteiger partial charge on any atom is -0.269 e. The molecular weight excluding hydrogens is 271 g/mol. The van der Waals surface area contributed by atoms with E-state index in [1.807, 2.05) is 36.5 Å². The van der Waals surface area contributed by atoms with Gasteiger partial charge in [0.1, 0.15) is 6.67 Å². The molecule has 4 heteroatoms. The molecule has 0 bridgehead atoms. The van der Waals surface area contributed by atoms with E-state index in [2.05, 4.69) is 21.0 Å². The summed E-state index contributed by atoms with van der Waals surface area (Å²) < 4.78 is 13.9. The van der Waals surface area contributed by atoms with Crippen molar-refractivity contribution < 1.29 is 4.39 Å². The first-order valence-electron chi connectivity index (χ1n) is 5.09. The Balaban J connectivity index is 2.39. The van der Waals surface area contributed by atoms with Crippen molar-refractivity contribution in [3.8, 4) is 11.3 Å². The van der Waals surface area contributed by atoms with Crippen molar-refractivity contribution in [1.82, 2.24) is 9.78 Å². The van der Waals surface area contributed by atoms with Crippen LogP contribution in [-0.4, -0.2) is 16.5 Å². The molecule has 0 aliphatic heterocycles. The number of hydrogen-bond donors (Lipinski definition) is 0. The van der Waals surface area contributed by atoms with Gasteiger partial charge in [-0.3, -0.25) is 4.68 Å². The second kappa shape index (κ2) is 5.25. The van der Waals surface area contributed by atoms with Gasteiger partial charge < -0.3 is 0 Å². The number of aromatic nitrogens is 2. The first-order chi connectivity index (χ1) is 7.85.